The van der Waals surface area contributed by atoms with E-state index >= 15 is 0 Å². The molecule has 0 saturated heterocycles. The maximum Gasteiger partial charge on any atom is 0.250 e. The average Bonchev–Trinajstić information content (AvgIpc) is 3.21. The van der Waals surface area contributed by atoms with E-state index in [0.29, 0.717) is 35.1 Å². The van der Waals surface area contributed by atoms with Crippen LogP contribution in [0.2, 0.25) is 0 Å². The van der Waals surface area contributed by atoms with E-state index in [9.17, 15) is 9.18 Å². The number of pyridine rings is 1. The van der Waals surface area contributed by atoms with Crippen molar-refractivity contribution in [1.82, 2.24) is 19.4 Å². The molecular weight excluding hydrogens is 397 g/mol. The number of halogens is 1. The van der Waals surface area contributed by atoms with Crippen LogP contribution >= 0.6 is 0 Å². The molecule has 0 radical (unpaired) electrons. The fraction of sp³-hybridized carbons (Fsp3) is 0.182. The van der Waals surface area contributed by atoms with E-state index in [1.807, 2.05) is 6.07 Å². The second-order valence-corrected chi connectivity index (χ2v) is 7.36. The van der Waals surface area contributed by atoms with Gasteiger partial charge in [0.15, 0.2) is 11.6 Å². The van der Waals surface area contributed by atoms with Crippen molar-refractivity contribution in [2.24, 2.45) is 5.73 Å². The van der Waals surface area contributed by atoms with Crippen molar-refractivity contribution < 1.29 is 9.18 Å². The van der Waals surface area contributed by atoms with E-state index in [0.717, 1.165) is 36.3 Å². The molecule has 5 rings (SSSR count). The fourth-order valence-corrected chi connectivity index (χ4v) is 3.81. The summed E-state index contributed by atoms with van der Waals surface area (Å²) in [7, 11) is 0. The summed E-state index contributed by atoms with van der Waals surface area (Å²) < 4.78 is 15.3. The van der Waals surface area contributed by atoms with Crippen LogP contribution in [0.4, 0.5) is 16.0 Å². The first-order chi connectivity index (χ1) is 15.1. The van der Waals surface area contributed by atoms with Crippen molar-refractivity contribution in [3.8, 4) is 11.6 Å². The molecule has 1 aliphatic rings. The maximum absolute atomic E-state index is 13.5. The number of hydrogen-bond acceptors (Lipinski definition) is 6. The van der Waals surface area contributed by atoms with Gasteiger partial charge in [0.2, 0.25) is 0 Å². The number of nitrogens with one attached hydrogen (secondary N) is 2. The van der Waals surface area contributed by atoms with Crippen molar-refractivity contribution >= 4 is 23.1 Å². The molecule has 1 amide bonds. The number of primary amides is 1. The second-order valence-electron chi connectivity index (χ2n) is 7.36. The van der Waals surface area contributed by atoms with Crippen molar-refractivity contribution in [2.75, 3.05) is 17.2 Å². The Hall–Kier alpha value is -4.01. The number of benzene rings is 1. The van der Waals surface area contributed by atoms with Gasteiger partial charge in [0.05, 0.1) is 17.3 Å². The molecule has 0 bridgehead atoms. The minimum Gasteiger partial charge on any atom is -0.370 e. The van der Waals surface area contributed by atoms with Crippen molar-refractivity contribution in [3.05, 3.63) is 71.3 Å². The first kappa shape index (κ1) is 19.0. The third-order valence-electron chi connectivity index (χ3n) is 5.29. The number of carbonyl (C=O) groups excluding carboxylic acids is 1. The van der Waals surface area contributed by atoms with Gasteiger partial charge >= 0.3 is 0 Å². The predicted molar refractivity (Wildman–Crippen MR) is 115 cm³/mol. The van der Waals surface area contributed by atoms with E-state index in [2.05, 4.69) is 20.6 Å². The highest BCUT2D eigenvalue weighted by atomic mass is 19.1. The summed E-state index contributed by atoms with van der Waals surface area (Å²) in [5, 5.41) is 6.66. The first-order valence-corrected chi connectivity index (χ1v) is 9.99. The van der Waals surface area contributed by atoms with Crippen LogP contribution in [0.5, 0.6) is 0 Å². The standard InChI is InChI=1S/C22H20FN7O/c23-14-5-1-4-13(10-14)11-26-20-16-6-2-8-25-19(16)28-21(29-20)22-27-12-17-15(18(24)31)7-3-9-30(17)22/h1,3-5,7,9-10,12H,2,6,8,11H2,(H2,24,31)(H2,25,26,28,29). The number of hydrogen-bond donors (Lipinski definition) is 3. The van der Waals surface area contributed by atoms with Gasteiger partial charge in [0, 0.05) is 24.8 Å². The number of nitrogens with zero attached hydrogens (tertiary/aromatic N) is 4. The highest BCUT2D eigenvalue weighted by molar-refractivity contribution is 5.99. The van der Waals surface area contributed by atoms with Crippen LogP contribution in [0, 0.1) is 5.82 Å². The summed E-state index contributed by atoms with van der Waals surface area (Å²) in [6.07, 6.45) is 5.19. The Morgan fingerprint density at radius 3 is 3.00 bits per heavy atom. The number of rotatable bonds is 5. The Morgan fingerprint density at radius 2 is 2.16 bits per heavy atom. The zero-order valence-electron chi connectivity index (χ0n) is 16.6. The average molecular weight is 417 g/mol. The molecule has 0 saturated carbocycles. The molecule has 31 heavy (non-hydrogen) atoms. The number of fused-ring (bicyclic) bond motifs is 2. The lowest BCUT2D eigenvalue weighted by atomic mass is 10.1. The Balaban J connectivity index is 1.57. The summed E-state index contributed by atoms with van der Waals surface area (Å²) in [5.74, 6) is 1.54. The van der Waals surface area contributed by atoms with Crippen LogP contribution in [-0.2, 0) is 13.0 Å². The smallest absolute Gasteiger partial charge is 0.250 e. The molecule has 1 aromatic carbocycles. The van der Waals surface area contributed by atoms with Gasteiger partial charge in [-0.15, -0.1) is 0 Å². The second kappa shape index (κ2) is 7.67. The molecule has 0 aliphatic carbocycles. The topological polar surface area (TPSA) is 110 Å². The quantitative estimate of drug-likeness (QED) is 0.460. The summed E-state index contributed by atoms with van der Waals surface area (Å²) in [4.78, 5) is 25.6. The van der Waals surface area contributed by atoms with E-state index in [4.69, 9.17) is 10.7 Å². The molecule has 0 fully saturated rings. The Morgan fingerprint density at radius 1 is 1.26 bits per heavy atom. The van der Waals surface area contributed by atoms with Crippen molar-refractivity contribution in [2.45, 2.75) is 19.4 Å². The Kier molecular flexibility index (Phi) is 4.70. The third-order valence-corrected chi connectivity index (χ3v) is 5.29. The molecule has 0 atom stereocenters. The van der Waals surface area contributed by atoms with Crippen LogP contribution < -0.4 is 16.4 Å². The van der Waals surface area contributed by atoms with E-state index in [1.54, 1.807) is 35.0 Å². The van der Waals surface area contributed by atoms with Gasteiger partial charge in [0.1, 0.15) is 17.5 Å². The molecule has 1 aliphatic heterocycles. The summed E-state index contributed by atoms with van der Waals surface area (Å²) >= 11 is 0. The normalized spacial score (nSPS) is 12.9. The molecule has 3 aromatic heterocycles. The molecule has 4 N–H and O–H groups in total. The van der Waals surface area contributed by atoms with Crippen LogP contribution in [0.25, 0.3) is 17.2 Å². The minimum atomic E-state index is -0.525. The zero-order valence-corrected chi connectivity index (χ0v) is 16.6. The molecule has 0 unspecified atom stereocenters. The number of carbonyl (C=O) groups is 1. The van der Waals surface area contributed by atoms with Gasteiger partial charge in [-0.05, 0) is 42.7 Å². The monoisotopic (exact) mass is 417 g/mol. The third kappa shape index (κ3) is 3.54. The Labute approximate surface area is 177 Å². The number of imidazole rings is 1. The van der Waals surface area contributed by atoms with Crippen LogP contribution in [-0.4, -0.2) is 31.8 Å². The molecule has 0 spiro atoms. The lowest BCUT2D eigenvalue weighted by Crippen LogP contribution is -2.18. The minimum absolute atomic E-state index is 0.277. The number of amides is 1. The molecule has 9 heteroatoms. The Bertz CT molecular complexity index is 1300. The van der Waals surface area contributed by atoms with Gasteiger partial charge in [0.25, 0.3) is 5.91 Å². The lowest BCUT2D eigenvalue weighted by molar-refractivity contribution is 0.100. The van der Waals surface area contributed by atoms with E-state index in [1.165, 1.54) is 12.1 Å². The van der Waals surface area contributed by atoms with Gasteiger partial charge in [-0.25, -0.2) is 19.3 Å². The number of nitrogens with two attached hydrogens (primary N) is 1. The molecule has 8 nitrogen and oxygen atoms in total. The highest BCUT2D eigenvalue weighted by Crippen LogP contribution is 2.30. The maximum atomic E-state index is 13.5. The zero-order chi connectivity index (χ0) is 21.4. The first-order valence-electron chi connectivity index (χ1n) is 9.99. The van der Waals surface area contributed by atoms with Gasteiger partial charge in [-0.2, -0.15) is 0 Å². The van der Waals surface area contributed by atoms with Crippen LogP contribution in [0.1, 0.15) is 27.9 Å². The molecule has 4 aromatic rings. The summed E-state index contributed by atoms with van der Waals surface area (Å²) in [6.45, 7) is 1.25. The van der Waals surface area contributed by atoms with E-state index in [-0.39, 0.29) is 5.82 Å². The van der Waals surface area contributed by atoms with Crippen LogP contribution in [0.3, 0.4) is 0 Å². The van der Waals surface area contributed by atoms with E-state index < -0.39 is 5.91 Å². The lowest BCUT2D eigenvalue weighted by Gasteiger charge is -2.21. The fourth-order valence-electron chi connectivity index (χ4n) is 3.81. The number of aromatic nitrogens is 4. The predicted octanol–water partition coefficient (Wildman–Crippen LogP) is 3.00. The van der Waals surface area contributed by atoms with Gasteiger partial charge in [-0.1, -0.05) is 12.1 Å². The molecule has 156 valence electrons. The summed E-state index contributed by atoms with van der Waals surface area (Å²) in [6, 6.07) is 9.84. The van der Waals surface area contributed by atoms with Crippen molar-refractivity contribution in [3.63, 3.8) is 0 Å². The molecule has 4 heterocycles. The molecular formula is C22H20FN7O. The van der Waals surface area contributed by atoms with Gasteiger partial charge in [-0.3, -0.25) is 9.20 Å². The summed E-state index contributed by atoms with van der Waals surface area (Å²) in [5.41, 5.74) is 8.26. The van der Waals surface area contributed by atoms with Crippen LogP contribution in [0.15, 0.2) is 48.8 Å². The number of anilines is 2. The largest absolute Gasteiger partial charge is 0.370 e. The SMILES string of the molecule is NC(=O)c1cccn2c(-c3nc4c(c(NCc5cccc(F)c5)n3)CCCN4)ncc12. The van der Waals surface area contributed by atoms with Gasteiger partial charge < -0.3 is 16.4 Å². The highest BCUT2D eigenvalue weighted by Gasteiger charge is 2.21. The van der Waals surface area contributed by atoms with Crippen molar-refractivity contribution in [1.29, 1.82) is 0 Å².